The number of benzene rings is 1. The SMILES string of the molecule is Cc1[c-]cccc1C(F)(F)F.[Zn+][Br]. The molecule has 0 nitrogen and oxygen atoms in total. The van der Waals surface area contributed by atoms with Crippen molar-refractivity contribution in [3.63, 3.8) is 0 Å². The summed E-state index contributed by atoms with van der Waals surface area (Å²) in [5.74, 6) is 0. The molecular weight excluding hydrogens is 298 g/mol. The Bertz CT molecular complexity index is 260. The zero-order valence-electron chi connectivity index (χ0n) is 6.95. The summed E-state index contributed by atoms with van der Waals surface area (Å²) in [7, 11) is 0. The summed E-state index contributed by atoms with van der Waals surface area (Å²) in [6, 6.07) is 6.33. The molecule has 0 aliphatic heterocycles. The van der Waals surface area contributed by atoms with Crippen LogP contribution in [0.15, 0.2) is 18.2 Å². The van der Waals surface area contributed by atoms with E-state index in [4.69, 9.17) is 0 Å². The molecule has 1 aromatic rings. The third kappa shape index (κ3) is 4.23. The van der Waals surface area contributed by atoms with Crippen LogP contribution >= 0.6 is 13.6 Å². The first-order chi connectivity index (χ1) is 6.02. The summed E-state index contributed by atoms with van der Waals surface area (Å²) in [6.07, 6.45) is -4.25. The molecular formula is C8H6BrF3Zn. The molecule has 0 fully saturated rings. The molecule has 0 aliphatic rings. The second-order valence-electron chi connectivity index (χ2n) is 2.21. The first-order valence-corrected chi connectivity index (χ1v) is 10.3. The second-order valence-corrected chi connectivity index (χ2v) is 2.21. The normalized spacial score (nSPS) is 10.4. The molecule has 0 N–H and O–H groups in total. The van der Waals surface area contributed by atoms with Gasteiger partial charge in [-0.2, -0.15) is 43.0 Å². The molecule has 0 saturated heterocycles. The van der Waals surface area contributed by atoms with Gasteiger partial charge in [-0.3, -0.25) is 0 Å². The third-order valence-electron chi connectivity index (χ3n) is 1.37. The van der Waals surface area contributed by atoms with Gasteiger partial charge >= 0.3 is 36.1 Å². The van der Waals surface area contributed by atoms with Gasteiger partial charge in [0.1, 0.15) is 0 Å². The van der Waals surface area contributed by atoms with E-state index in [-0.39, 0.29) is 5.56 Å². The van der Waals surface area contributed by atoms with E-state index in [0.717, 1.165) is 6.07 Å². The molecule has 5 heteroatoms. The van der Waals surface area contributed by atoms with Gasteiger partial charge in [0.15, 0.2) is 0 Å². The monoisotopic (exact) mass is 302 g/mol. The van der Waals surface area contributed by atoms with Crippen LogP contribution in [0.3, 0.4) is 0 Å². The van der Waals surface area contributed by atoms with Gasteiger partial charge in [-0.15, -0.1) is 0 Å². The second kappa shape index (κ2) is 5.76. The molecule has 0 bridgehead atoms. The zero-order chi connectivity index (χ0) is 10.5. The fraction of sp³-hybridized carbons (Fsp3) is 0.250. The Kier molecular flexibility index (Phi) is 5.81. The standard InChI is InChI=1S/C8H6F3.BrH.Zn/c1-6-4-2-3-5-7(6)8(9,10)11;;/h2-3,5H,1H3;1H;/q-1;;+2/p-1. The van der Waals surface area contributed by atoms with E-state index in [9.17, 15) is 13.2 Å². The van der Waals surface area contributed by atoms with Crippen LogP contribution in [0.2, 0.25) is 0 Å². The molecule has 0 radical (unpaired) electrons. The number of halogens is 4. The van der Waals surface area contributed by atoms with Gasteiger partial charge in [-0.1, -0.05) is 12.5 Å². The van der Waals surface area contributed by atoms with Crippen LogP contribution < -0.4 is 0 Å². The summed E-state index contributed by atoms with van der Waals surface area (Å²) in [5, 5.41) is 0. The molecule has 1 rings (SSSR count). The topological polar surface area (TPSA) is 0 Å². The summed E-state index contributed by atoms with van der Waals surface area (Å²) in [6.45, 7) is 1.39. The van der Waals surface area contributed by atoms with Crippen molar-refractivity contribution in [1.82, 2.24) is 0 Å². The number of alkyl halides is 3. The van der Waals surface area contributed by atoms with Crippen molar-refractivity contribution in [3.05, 3.63) is 35.4 Å². The summed E-state index contributed by atoms with van der Waals surface area (Å²) < 4.78 is 36.1. The Morgan fingerprint density at radius 3 is 2.23 bits per heavy atom. The van der Waals surface area contributed by atoms with Crippen molar-refractivity contribution >= 4 is 13.6 Å². The number of rotatable bonds is 0. The number of hydrogen-bond acceptors (Lipinski definition) is 0. The molecule has 0 spiro atoms. The minimum atomic E-state index is -4.25. The van der Waals surface area contributed by atoms with E-state index in [0.29, 0.717) is 0 Å². The summed E-state index contributed by atoms with van der Waals surface area (Å²) >= 11 is 4.25. The van der Waals surface area contributed by atoms with Gasteiger partial charge in [0, 0.05) is 0 Å². The molecule has 13 heavy (non-hydrogen) atoms. The Morgan fingerprint density at radius 1 is 1.38 bits per heavy atom. The molecule has 0 saturated carbocycles. The van der Waals surface area contributed by atoms with Crippen LogP contribution in [-0.2, 0) is 22.5 Å². The van der Waals surface area contributed by atoms with Crippen molar-refractivity contribution in [2.75, 3.05) is 0 Å². The predicted octanol–water partition coefficient (Wildman–Crippen LogP) is 3.66. The van der Waals surface area contributed by atoms with Crippen molar-refractivity contribution in [3.8, 4) is 0 Å². The van der Waals surface area contributed by atoms with Crippen LogP contribution in [-0.4, -0.2) is 0 Å². The molecule has 0 atom stereocenters. The van der Waals surface area contributed by atoms with E-state index in [1.54, 1.807) is 0 Å². The average Bonchev–Trinajstić information content (AvgIpc) is 2.07. The summed E-state index contributed by atoms with van der Waals surface area (Å²) in [5.41, 5.74) is -0.472. The van der Waals surface area contributed by atoms with E-state index in [1.807, 2.05) is 0 Å². The maximum atomic E-state index is 12.0. The maximum absolute atomic E-state index is 12.0. The van der Waals surface area contributed by atoms with Gasteiger partial charge in [0.2, 0.25) is 0 Å². The Labute approximate surface area is 91.6 Å². The van der Waals surface area contributed by atoms with E-state index in [2.05, 4.69) is 19.7 Å². The predicted molar refractivity (Wildman–Crippen MR) is 43.9 cm³/mol. The molecule has 68 valence electrons. The van der Waals surface area contributed by atoms with Crippen LogP contribution in [0.4, 0.5) is 13.2 Å². The van der Waals surface area contributed by atoms with Crippen molar-refractivity contribution in [2.24, 2.45) is 0 Å². The molecule has 0 unspecified atom stereocenters. The summed E-state index contributed by atoms with van der Waals surface area (Å²) in [4.78, 5) is 0. The Hall–Kier alpha value is 0.113. The Morgan fingerprint density at radius 2 is 1.92 bits per heavy atom. The zero-order valence-corrected chi connectivity index (χ0v) is 11.5. The fourth-order valence-corrected chi connectivity index (χ4v) is 0.827. The molecule has 0 aliphatic carbocycles. The molecule has 1 aromatic carbocycles. The van der Waals surface area contributed by atoms with Gasteiger partial charge < -0.3 is 0 Å². The van der Waals surface area contributed by atoms with Crippen LogP contribution in [0, 0.1) is 13.0 Å². The van der Waals surface area contributed by atoms with Crippen molar-refractivity contribution in [2.45, 2.75) is 13.1 Å². The molecule has 0 amide bonds. The quantitative estimate of drug-likeness (QED) is 0.507. The average molecular weight is 304 g/mol. The van der Waals surface area contributed by atoms with E-state index < -0.39 is 11.7 Å². The first-order valence-electron chi connectivity index (χ1n) is 3.33. The van der Waals surface area contributed by atoms with Crippen LogP contribution in [0.1, 0.15) is 11.1 Å². The fourth-order valence-electron chi connectivity index (χ4n) is 0.827. The van der Waals surface area contributed by atoms with Crippen molar-refractivity contribution in [1.29, 1.82) is 0 Å². The van der Waals surface area contributed by atoms with E-state index in [1.165, 1.54) is 35.4 Å². The van der Waals surface area contributed by atoms with Gasteiger partial charge in [0.25, 0.3) is 0 Å². The molecule has 0 heterocycles. The number of aryl methyl sites for hydroxylation is 1. The van der Waals surface area contributed by atoms with Crippen molar-refractivity contribution < 1.29 is 29.5 Å². The van der Waals surface area contributed by atoms with Gasteiger partial charge in [-0.05, 0) is 0 Å². The van der Waals surface area contributed by atoms with E-state index >= 15 is 0 Å². The molecule has 0 aromatic heterocycles. The van der Waals surface area contributed by atoms with Crippen LogP contribution in [0.25, 0.3) is 0 Å². The first kappa shape index (κ1) is 13.1. The Balaban J connectivity index is 0.000000671. The van der Waals surface area contributed by atoms with Gasteiger partial charge in [0.05, 0.1) is 0 Å². The third-order valence-corrected chi connectivity index (χ3v) is 1.37. The van der Waals surface area contributed by atoms with Crippen LogP contribution in [0.5, 0.6) is 0 Å². The number of hydrogen-bond donors (Lipinski definition) is 0. The minimum absolute atomic E-state index is 0.139. The van der Waals surface area contributed by atoms with Gasteiger partial charge in [-0.25, -0.2) is 0 Å².